The first-order valence-corrected chi connectivity index (χ1v) is 16.6. The zero-order valence-electron chi connectivity index (χ0n) is 25.9. The highest BCUT2D eigenvalue weighted by molar-refractivity contribution is 7.92. The van der Waals surface area contributed by atoms with Gasteiger partial charge in [-0.05, 0) is 73.5 Å². The van der Waals surface area contributed by atoms with Gasteiger partial charge in [-0.25, -0.2) is 12.8 Å². The third-order valence-corrected chi connectivity index (χ3v) is 9.65. The molecular formula is C35H37ClFN3O5S. The number of benzene rings is 4. The Hall–Kier alpha value is -4.41. The Morgan fingerprint density at radius 3 is 2.15 bits per heavy atom. The van der Waals surface area contributed by atoms with Crippen LogP contribution in [0.15, 0.2) is 108 Å². The monoisotopic (exact) mass is 665 g/mol. The second kappa shape index (κ2) is 15.7. The van der Waals surface area contributed by atoms with Gasteiger partial charge in [-0.1, -0.05) is 67.1 Å². The minimum Gasteiger partial charge on any atom is -0.497 e. The van der Waals surface area contributed by atoms with E-state index in [1.165, 1.54) is 78.7 Å². The maximum Gasteiger partial charge on any atom is 0.264 e. The lowest BCUT2D eigenvalue weighted by molar-refractivity contribution is -0.140. The third kappa shape index (κ3) is 8.64. The number of anilines is 1. The molecule has 4 aromatic rings. The molecular weight excluding hydrogens is 629 g/mol. The van der Waals surface area contributed by atoms with Crippen LogP contribution in [-0.4, -0.2) is 50.9 Å². The summed E-state index contributed by atoms with van der Waals surface area (Å²) in [5.74, 6) is -1.23. The highest BCUT2D eigenvalue weighted by Crippen LogP contribution is 2.27. The van der Waals surface area contributed by atoms with Crippen molar-refractivity contribution in [1.82, 2.24) is 10.2 Å². The number of rotatable bonds is 14. The average molecular weight is 666 g/mol. The lowest BCUT2D eigenvalue weighted by atomic mass is 10.0. The molecule has 0 aliphatic carbocycles. The third-order valence-electron chi connectivity index (χ3n) is 7.61. The first kappa shape index (κ1) is 34.5. The van der Waals surface area contributed by atoms with Crippen LogP contribution in [0.5, 0.6) is 5.75 Å². The minimum absolute atomic E-state index is 0.0768. The van der Waals surface area contributed by atoms with Crippen LogP contribution in [0.2, 0.25) is 5.02 Å². The first-order chi connectivity index (χ1) is 22.0. The molecule has 0 aliphatic rings. The molecule has 8 nitrogen and oxygen atoms in total. The van der Waals surface area contributed by atoms with Crippen LogP contribution in [0.3, 0.4) is 0 Å². The summed E-state index contributed by atoms with van der Waals surface area (Å²) in [5.41, 5.74) is 1.14. The van der Waals surface area contributed by atoms with E-state index in [1.807, 2.05) is 44.2 Å². The molecule has 2 atom stereocenters. The summed E-state index contributed by atoms with van der Waals surface area (Å²) in [6, 6.07) is 25.7. The Bertz CT molecular complexity index is 1720. The summed E-state index contributed by atoms with van der Waals surface area (Å²) in [6.45, 7) is 2.83. The normalized spacial score (nSPS) is 12.5. The summed E-state index contributed by atoms with van der Waals surface area (Å²) in [5, 5.41) is 3.34. The van der Waals surface area contributed by atoms with Crippen molar-refractivity contribution in [3.8, 4) is 5.75 Å². The Morgan fingerprint density at radius 1 is 0.913 bits per heavy atom. The van der Waals surface area contributed by atoms with Gasteiger partial charge in [0.05, 0.1) is 17.7 Å². The number of amides is 2. The molecule has 0 saturated carbocycles. The van der Waals surface area contributed by atoms with E-state index >= 15 is 4.39 Å². The van der Waals surface area contributed by atoms with Crippen molar-refractivity contribution in [2.24, 2.45) is 0 Å². The highest BCUT2D eigenvalue weighted by atomic mass is 35.5. The van der Waals surface area contributed by atoms with Crippen molar-refractivity contribution in [1.29, 1.82) is 0 Å². The topological polar surface area (TPSA) is 96.0 Å². The highest BCUT2D eigenvalue weighted by Gasteiger charge is 2.35. The predicted molar refractivity (Wildman–Crippen MR) is 178 cm³/mol. The quantitative estimate of drug-likeness (QED) is 0.172. The second-order valence-corrected chi connectivity index (χ2v) is 13.1. The van der Waals surface area contributed by atoms with E-state index in [-0.39, 0.29) is 35.2 Å². The molecule has 1 N–H and O–H groups in total. The first-order valence-electron chi connectivity index (χ1n) is 14.8. The van der Waals surface area contributed by atoms with E-state index in [9.17, 15) is 18.0 Å². The second-order valence-electron chi connectivity index (χ2n) is 10.8. The summed E-state index contributed by atoms with van der Waals surface area (Å²) in [7, 11) is -2.85. The Balaban J connectivity index is 1.81. The number of carbonyl (C=O) groups excluding carboxylic acids is 2. The van der Waals surface area contributed by atoms with Crippen LogP contribution < -0.4 is 14.4 Å². The molecule has 11 heteroatoms. The molecule has 0 bridgehead atoms. The van der Waals surface area contributed by atoms with Crippen molar-refractivity contribution < 1.29 is 27.1 Å². The van der Waals surface area contributed by atoms with E-state index in [2.05, 4.69) is 5.32 Å². The van der Waals surface area contributed by atoms with Crippen molar-refractivity contribution >= 4 is 39.1 Å². The molecule has 0 aromatic heterocycles. The number of sulfonamides is 1. The van der Waals surface area contributed by atoms with Gasteiger partial charge in [0.15, 0.2) is 0 Å². The van der Waals surface area contributed by atoms with Gasteiger partial charge < -0.3 is 15.0 Å². The van der Waals surface area contributed by atoms with Gasteiger partial charge in [-0.2, -0.15) is 0 Å². The van der Waals surface area contributed by atoms with E-state index in [0.717, 1.165) is 9.87 Å². The smallest absolute Gasteiger partial charge is 0.264 e. The molecule has 4 rings (SSSR count). The van der Waals surface area contributed by atoms with Crippen LogP contribution in [0.25, 0.3) is 0 Å². The van der Waals surface area contributed by atoms with Crippen molar-refractivity contribution in [3.63, 3.8) is 0 Å². The number of methoxy groups -OCH3 is 1. The average Bonchev–Trinajstić information content (AvgIpc) is 3.06. The SMILES string of the molecule is CC[C@H](C)NC(=O)[C@H](Cc1ccccc1)N(Cc1ccccc1F)C(=O)CN(c1ccc(Cl)cc1)S(=O)(=O)c1ccc(OC)cc1. The van der Waals surface area contributed by atoms with E-state index in [4.69, 9.17) is 16.3 Å². The van der Waals surface area contributed by atoms with Crippen molar-refractivity contribution in [2.75, 3.05) is 18.0 Å². The van der Waals surface area contributed by atoms with Gasteiger partial charge in [-0.3, -0.25) is 13.9 Å². The molecule has 0 unspecified atom stereocenters. The Kier molecular flexibility index (Phi) is 11.8. The van der Waals surface area contributed by atoms with Gasteiger partial charge in [0.2, 0.25) is 11.8 Å². The molecule has 0 aliphatic heterocycles. The molecule has 0 spiro atoms. The Labute approximate surface area is 274 Å². The van der Waals surface area contributed by atoms with Crippen LogP contribution in [0, 0.1) is 5.82 Å². The maximum absolute atomic E-state index is 15.0. The minimum atomic E-state index is -4.32. The van der Waals surface area contributed by atoms with Crippen LogP contribution in [0.1, 0.15) is 31.4 Å². The largest absolute Gasteiger partial charge is 0.497 e. The number of halogens is 2. The van der Waals surface area contributed by atoms with Gasteiger partial charge in [-0.15, -0.1) is 0 Å². The fourth-order valence-corrected chi connectivity index (χ4v) is 6.36. The van der Waals surface area contributed by atoms with Crippen LogP contribution in [-0.2, 0) is 32.6 Å². The van der Waals surface area contributed by atoms with Gasteiger partial charge in [0.25, 0.3) is 10.0 Å². The molecule has 46 heavy (non-hydrogen) atoms. The van der Waals surface area contributed by atoms with Crippen LogP contribution in [0.4, 0.5) is 10.1 Å². The molecule has 2 amide bonds. The molecule has 4 aromatic carbocycles. The lowest BCUT2D eigenvalue weighted by Gasteiger charge is -2.34. The number of hydrogen-bond acceptors (Lipinski definition) is 5. The van der Waals surface area contributed by atoms with Crippen LogP contribution >= 0.6 is 11.6 Å². The fourth-order valence-electron chi connectivity index (χ4n) is 4.82. The predicted octanol–water partition coefficient (Wildman–Crippen LogP) is 6.24. The van der Waals surface area contributed by atoms with Gasteiger partial charge in [0, 0.05) is 29.6 Å². The molecule has 0 heterocycles. The van der Waals surface area contributed by atoms with Gasteiger partial charge in [0.1, 0.15) is 24.2 Å². The molecule has 0 saturated heterocycles. The molecule has 0 fully saturated rings. The maximum atomic E-state index is 15.0. The van der Waals surface area contributed by atoms with E-state index in [0.29, 0.717) is 17.2 Å². The number of hydrogen-bond donors (Lipinski definition) is 1. The summed E-state index contributed by atoms with van der Waals surface area (Å²) in [4.78, 5) is 29.5. The molecule has 242 valence electrons. The van der Waals surface area contributed by atoms with Gasteiger partial charge >= 0.3 is 0 Å². The summed E-state index contributed by atoms with van der Waals surface area (Å²) < 4.78 is 49.4. The number of nitrogens with one attached hydrogen (secondary N) is 1. The zero-order chi connectivity index (χ0) is 33.3. The summed E-state index contributed by atoms with van der Waals surface area (Å²) in [6.07, 6.45) is 0.769. The number of nitrogens with zero attached hydrogens (tertiary/aromatic N) is 2. The van der Waals surface area contributed by atoms with Crippen molar-refractivity contribution in [3.05, 3.63) is 125 Å². The zero-order valence-corrected chi connectivity index (χ0v) is 27.5. The van der Waals surface area contributed by atoms with E-state index < -0.39 is 40.2 Å². The Morgan fingerprint density at radius 2 is 1.54 bits per heavy atom. The van der Waals surface area contributed by atoms with E-state index in [1.54, 1.807) is 6.07 Å². The standard InChI is InChI=1S/C35H37ClFN3O5S/c1-4-25(2)38-35(42)33(22-26-10-6-5-7-11-26)39(23-27-12-8-9-13-32(27)37)34(41)24-40(29-16-14-28(36)15-17-29)46(43,44)31-20-18-30(45-3)19-21-31/h5-21,25,33H,4,22-24H2,1-3H3,(H,38,42)/t25-,33-/m0/s1. The number of ether oxygens (including phenoxy) is 1. The lowest BCUT2D eigenvalue weighted by Crippen LogP contribution is -2.54. The number of carbonyl (C=O) groups is 2. The van der Waals surface area contributed by atoms with Crippen molar-refractivity contribution in [2.45, 2.75) is 50.2 Å². The molecule has 0 radical (unpaired) electrons. The fraction of sp³-hybridized carbons (Fsp3) is 0.257. The summed E-state index contributed by atoms with van der Waals surface area (Å²) >= 11 is 6.11.